The van der Waals surface area contributed by atoms with Gasteiger partial charge in [0.25, 0.3) is 5.91 Å². The molecule has 1 aliphatic heterocycles. The van der Waals surface area contributed by atoms with Crippen molar-refractivity contribution in [1.82, 2.24) is 20.1 Å². The molecule has 2 heterocycles. The number of likely N-dealkylation sites (N-methyl/N-ethyl adjacent to an activating group) is 1. The van der Waals surface area contributed by atoms with Crippen LogP contribution in [0.25, 0.3) is 0 Å². The lowest BCUT2D eigenvalue weighted by Gasteiger charge is -2.30. The number of rotatable bonds is 7. The summed E-state index contributed by atoms with van der Waals surface area (Å²) in [5.74, 6) is -0.782. The maximum atomic E-state index is 13.4. The van der Waals surface area contributed by atoms with Crippen molar-refractivity contribution in [3.63, 3.8) is 0 Å². The van der Waals surface area contributed by atoms with E-state index in [0.29, 0.717) is 17.7 Å². The van der Waals surface area contributed by atoms with E-state index in [-0.39, 0.29) is 12.5 Å². The maximum Gasteiger partial charge on any atom is 0.325 e. The molecule has 2 unspecified atom stereocenters. The number of carbonyl (C=O) groups is 3. The van der Waals surface area contributed by atoms with Crippen molar-refractivity contribution in [2.24, 2.45) is 0 Å². The normalized spacial score (nSPS) is 18.7. The van der Waals surface area contributed by atoms with Gasteiger partial charge in [0.15, 0.2) is 0 Å². The average molecular weight is 443 g/mol. The first-order chi connectivity index (χ1) is 16.0. The molecule has 7 nitrogen and oxygen atoms in total. The number of nitrogens with zero attached hydrogens (tertiary/aromatic N) is 3. The predicted molar refractivity (Wildman–Crippen MR) is 124 cm³/mol. The Morgan fingerprint density at radius 3 is 2.24 bits per heavy atom. The van der Waals surface area contributed by atoms with E-state index in [4.69, 9.17) is 0 Å². The largest absolute Gasteiger partial charge is 0.331 e. The topological polar surface area (TPSA) is 82.6 Å². The van der Waals surface area contributed by atoms with Crippen LogP contribution in [0.3, 0.4) is 0 Å². The zero-order valence-corrected chi connectivity index (χ0v) is 18.6. The fourth-order valence-corrected chi connectivity index (χ4v) is 4.29. The van der Waals surface area contributed by atoms with Gasteiger partial charge >= 0.3 is 6.03 Å². The Morgan fingerprint density at radius 1 is 1.00 bits per heavy atom. The van der Waals surface area contributed by atoms with Crippen LogP contribution >= 0.6 is 0 Å². The van der Waals surface area contributed by atoms with Gasteiger partial charge in [-0.25, -0.2) is 4.79 Å². The molecule has 7 heteroatoms. The number of aromatic nitrogens is 1. The number of benzene rings is 2. The second-order valence-electron chi connectivity index (χ2n) is 8.02. The summed E-state index contributed by atoms with van der Waals surface area (Å²) < 4.78 is 0. The van der Waals surface area contributed by atoms with Crippen molar-refractivity contribution in [2.75, 3.05) is 13.6 Å². The van der Waals surface area contributed by atoms with Crippen LogP contribution in [0.2, 0.25) is 0 Å². The van der Waals surface area contributed by atoms with Crippen molar-refractivity contribution in [2.45, 2.75) is 24.9 Å². The minimum atomic E-state index is -1.17. The first kappa shape index (κ1) is 22.2. The van der Waals surface area contributed by atoms with Gasteiger partial charge in [0.2, 0.25) is 5.91 Å². The van der Waals surface area contributed by atoms with Crippen LogP contribution in [-0.2, 0) is 15.1 Å². The molecule has 3 aromatic rings. The zero-order valence-electron chi connectivity index (χ0n) is 18.6. The molecule has 1 saturated heterocycles. The number of pyridine rings is 1. The lowest BCUT2D eigenvalue weighted by molar-refractivity contribution is -0.139. The lowest BCUT2D eigenvalue weighted by atomic mass is 9.87. The molecule has 0 aliphatic carbocycles. The summed E-state index contributed by atoms with van der Waals surface area (Å²) in [5.41, 5.74) is 1.11. The standard InChI is InChI=1S/C26H26N4O3/c1-3-26(20-14-8-5-9-15-20)24(32)30(25(33)28-26)18-22(31)29(2)23(19-12-6-4-7-13-19)21-16-10-11-17-27-21/h4-17,23H,3,18H2,1-2H3,(H,28,33). The number of nitrogens with one attached hydrogen (secondary N) is 1. The zero-order chi connectivity index (χ0) is 23.4. The first-order valence-corrected chi connectivity index (χ1v) is 10.9. The predicted octanol–water partition coefficient (Wildman–Crippen LogP) is 3.49. The van der Waals surface area contributed by atoms with Gasteiger partial charge < -0.3 is 10.2 Å². The fraction of sp³-hybridized carbons (Fsp3) is 0.231. The summed E-state index contributed by atoms with van der Waals surface area (Å²) in [4.78, 5) is 46.5. The minimum Gasteiger partial charge on any atom is -0.331 e. The molecule has 2 atom stereocenters. The van der Waals surface area contributed by atoms with E-state index in [0.717, 1.165) is 10.5 Å². The van der Waals surface area contributed by atoms with Crippen LogP contribution in [0.15, 0.2) is 85.1 Å². The van der Waals surface area contributed by atoms with E-state index in [9.17, 15) is 14.4 Å². The van der Waals surface area contributed by atoms with E-state index in [1.54, 1.807) is 13.2 Å². The molecule has 0 radical (unpaired) electrons. The van der Waals surface area contributed by atoms with Crippen molar-refractivity contribution >= 4 is 17.8 Å². The third-order valence-corrected chi connectivity index (χ3v) is 6.13. The first-order valence-electron chi connectivity index (χ1n) is 10.9. The maximum absolute atomic E-state index is 13.4. The molecular weight excluding hydrogens is 416 g/mol. The second kappa shape index (κ2) is 9.24. The molecular formula is C26H26N4O3. The highest BCUT2D eigenvalue weighted by molar-refractivity contribution is 6.09. The summed E-state index contributed by atoms with van der Waals surface area (Å²) in [6.45, 7) is 1.49. The van der Waals surface area contributed by atoms with E-state index in [1.807, 2.05) is 85.8 Å². The molecule has 1 fully saturated rings. The Labute approximate surface area is 193 Å². The van der Waals surface area contributed by atoms with Crippen molar-refractivity contribution in [3.8, 4) is 0 Å². The number of urea groups is 1. The fourth-order valence-electron chi connectivity index (χ4n) is 4.29. The minimum absolute atomic E-state index is 0.355. The van der Waals surface area contributed by atoms with Gasteiger partial charge in [-0.15, -0.1) is 0 Å². The smallest absolute Gasteiger partial charge is 0.325 e. The highest BCUT2D eigenvalue weighted by Gasteiger charge is 2.51. The van der Waals surface area contributed by atoms with Gasteiger partial charge in [0.05, 0.1) is 11.7 Å². The Morgan fingerprint density at radius 2 is 1.64 bits per heavy atom. The summed E-state index contributed by atoms with van der Waals surface area (Å²) >= 11 is 0. The van der Waals surface area contributed by atoms with Crippen LogP contribution in [0.5, 0.6) is 0 Å². The molecule has 0 saturated carbocycles. The highest BCUT2D eigenvalue weighted by Crippen LogP contribution is 2.33. The Bertz CT molecular complexity index is 1100. The third-order valence-electron chi connectivity index (χ3n) is 6.13. The van der Waals surface area contributed by atoms with Crippen LogP contribution in [-0.4, -0.2) is 46.2 Å². The molecule has 33 heavy (non-hydrogen) atoms. The third kappa shape index (κ3) is 4.09. The molecule has 4 amide bonds. The van der Waals surface area contributed by atoms with Crippen molar-refractivity contribution in [3.05, 3.63) is 102 Å². The van der Waals surface area contributed by atoms with Crippen LogP contribution < -0.4 is 5.32 Å². The van der Waals surface area contributed by atoms with Gasteiger partial charge in [-0.05, 0) is 29.7 Å². The van der Waals surface area contributed by atoms with Gasteiger partial charge in [-0.2, -0.15) is 0 Å². The van der Waals surface area contributed by atoms with Crippen LogP contribution in [0.4, 0.5) is 4.79 Å². The molecule has 0 bridgehead atoms. The van der Waals surface area contributed by atoms with E-state index >= 15 is 0 Å². The average Bonchev–Trinajstić information content (AvgIpc) is 3.11. The Kier molecular flexibility index (Phi) is 6.22. The van der Waals surface area contributed by atoms with Crippen LogP contribution in [0.1, 0.15) is 36.2 Å². The number of hydrogen-bond donors (Lipinski definition) is 1. The summed E-state index contributed by atoms with van der Waals surface area (Å²) in [5, 5.41) is 2.82. The number of amides is 4. The Balaban J connectivity index is 1.60. The molecule has 1 aromatic heterocycles. The SMILES string of the molecule is CCC1(c2ccccc2)NC(=O)N(CC(=O)N(C)C(c2ccccc2)c2ccccn2)C1=O. The van der Waals surface area contributed by atoms with Gasteiger partial charge in [0, 0.05) is 13.2 Å². The molecule has 1 aliphatic rings. The number of hydrogen-bond acceptors (Lipinski definition) is 4. The molecule has 1 N–H and O–H groups in total. The van der Waals surface area contributed by atoms with E-state index in [2.05, 4.69) is 10.3 Å². The summed E-state index contributed by atoms with van der Waals surface area (Å²) in [6, 6.07) is 23.2. The van der Waals surface area contributed by atoms with E-state index in [1.165, 1.54) is 4.90 Å². The monoisotopic (exact) mass is 442 g/mol. The summed E-state index contributed by atoms with van der Waals surface area (Å²) in [7, 11) is 1.66. The second-order valence-corrected chi connectivity index (χ2v) is 8.02. The highest BCUT2D eigenvalue weighted by atomic mass is 16.2. The van der Waals surface area contributed by atoms with Crippen molar-refractivity contribution < 1.29 is 14.4 Å². The lowest BCUT2D eigenvalue weighted by Crippen LogP contribution is -2.45. The van der Waals surface area contributed by atoms with Gasteiger partial charge in [-0.3, -0.25) is 19.5 Å². The number of carbonyl (C=O) groups excluding carboxylic acids is 3. The molecule has 0 spiro atoms. The van der Waals surface area contributed by atoms with Gasteiger partial charge in [0.1, 0.15) is 12.1 Å². The number of imide groups is 1. The van der Waals surface area contributed by atoms with Crippen LogP contribution in [0, 0.1) is 0 Å². The van der Waals surface area contributed by atoms with Crippen molar-refractivity contribution in [1.29, 1.82) is 0 Å². The molecule has 4 rings (SSSR count). The summed E-state index contributed by atoms with van der Waals surface area (Å²) in [6.07, 6.45) is 2.05. The quantitative estimate of drug-likeness (QED) is 0.568. The molecule has 2 aromatic carbocycles. The van der Waals surface area contributed by atoms with E-state index < -0.39 is 23.5 Å². The molecule has 168 valence electrons. The van der Waals surface area contributed by atoms with Gasteiger partial charge in [-0.1, -0.05) is 73.7 Å². The Hall–Kier alpha value is -4.00.